The van der Waals surface area contributed by atoms with Crippen LogP contribution in [0.1, 0.15) is 33.6 Å². The van der Waals surface area contributed by atoms with Crippen molar-refractivity contribution in [3.63, 3.8) is 0 Å². The van der Waals surface area contributed by atoms with Crippen LogP contribution in [-0.2, 0) is 0 Å². The topological polar surface area (TPSA) is 15.3 Å². The lowest BCUT2D eigenvalue weighted by atomic mass is 9.91. The van der Waals surface area contributed by atoms with Crippen molar-refractivity contribution in [3.8, 4) is 0 Å². The van der Waals surface area contributed by atoms with Crippen LogP contribution in [0.2, 0.25) is 0 Å². The molecule has 1 N–H and O–H groups in total. The maximum absolute atomic E-state index is 3.74. The smallest absolute Gasteiger partial charge is 0.00793 e. The molecular formula is C14H30N2S. The Morgan fingerprint density at radius 3 is 2.82 bits per heavy atom. The molecule has 102 valence electrons. The van der Waals surface area contributed by atoms with Gasteiger partial charge in [0.2, 0.25) is 0 Å². The zero-order valence-corrected chi connectivity index (χ0v) is 12.9. The normalized spacial score (nSPS) is 25.8. The van der Waals surface area contributed by atoms with Gasteiger partial charge in [0.05, 0.1) is 0 Å². The minimum Gasteiger partial charge on any atom is -0.314 e. The van der Waals surface area contributed by atoms with Gasteiger partial charge in [0, 0.05) is 12.6 Å². The van der Waals surface area contributed by atoms with E-state index in [1.54, 1.807) is 0 Å². The lowest BCUT2D eigenvalue weighted by molar-refractivity contribution is 0.156. The third kappa shape index (κ3) is 5.62. The molecule has 0 aromatic rings. The molecule has 1 aliphatic rings. The van der Waals surface area contributed by atoms with Gasteiger partial charge in [-0.3, -0.25) is 0 Å². The minimum absolute atomic E-state index is 0.675. The third-order valence-electron chi connectivity index (χ3n) is 3.94. The Morgan fingerprint density at radius 2 is 2.18 bits per heavy atom. The Kier molecular flexibility index (Phi) is 7.56. The van der Waals surface area contributed by atoms with Gasteiger partial charge in [0.15, 0.2) is 0 Å². The molecule has 1 fully saturated rings. The summed E-state index contributed by atoms with van der Waals surface area (Å²) in [6.45, 7) is 12.0. The maximum atomic E-state index is 3.74. The fraction of sp³-hybridized carbons (Fsp3) is 1.00. The number of likely N-dealkylation sites (tertiary alicyclic amines) is 1. The van der Waals surface area contributed by atoms with E-state index in [-0.39, 0.29) is 0 Å². The number of rotatable bonds is 7. The molecular weight excluding hydrogens is 228 g/mol. The van der Waals surface area contributed by atoms with Crippen molar-refractivity contribution < 1.29 is 0 Å². The average molecular weight is 258 g/mol. The van der Waals surface area contributed by atoms with E-state index >= 15 is 0 Å². The molecule has 3 atom stereocenters. The first-order valence-electron chi connectivity index (χ1n) is 7.12. The van der Waals surface area contributed by atoms with Crippen LogP contribution in [0, 0.1) is 11.8 Å². The number of thioether (sulfide) groups is 1. The fourth-order valence-corrected chi connectivity index (χ4v) is 3.37. The van der Waals surface area contributed by atoms with Gasteiger partial charge in [-0.15, -0.1) is 0 Å². The summed E-state index contributed by atoms with van der Waals surface area (Å²) in [6.07, 6.45) is 4.98. The molecule has 0 radical (unpaired) electrons. The highest BCUT2D eigenvalue weighted by Gasteiger charge is 2.23. The molecule has 3 heteroatoms. The summed E-state index contributed by atoms with van der Waals surface area (Å²) in [5.41, 5.74) is 0. The lowest BCUT2D eigenvalue weighted by Crippen LogP contribution is -2.45. The average Bonchev–Trinajstić information content (AvgIpc) is 2.36. The Labute approximate surface area is 112 Å². The second-order valence-electron chi connectivity index (χ2n) is 5.55. The summed E-state index contributed by atoms with van der Waals surface area (Å²) < 4.78 is 0. The van der Waals surface area contributed by atoms with Crippen molar-refractivity contribution in [3.05, 3.63) is 0 Å². The molecule has 1 aliphatic heterocycles. The van der Waals surface area contributed by atoms with Crippen LogP contribution in [0.15, 0.2) is 0 Å². The van der Waals surface area contributed by atoms with Crippen molar-refractivity contribution in [2.24, 2.45) is 11.8 Å². The van der Waals surface area contributed by atoms with Crippen molar-refractivity contribution in [1.82, 2.24) is 10.2 Å². The fourth-order valence-electron chi connectivity index (χ4n) is 2.68. The minimum atomic E-state index is 0.675. The molecule has 0 spiro atoms. The molecule has 0 bridgehead atoms. The van der Waals surface area contributed by atoms with Crippen LogP contribution in [0.5, 0.6) is 0 Å². The van der Waals surface area contributed by atoms with Gasteiger partial charge < -0.3 is 10.2 Å². The van der Waals surface area contributed by atoms with Crippen LogP contribution in [0.4, 0.5) is 0 Å². The summed E-state index contributed by atoms with van der Waals surface area (Å²) in [4.78, 5) is 2.59. The standard InChI is InChI=1S/C14H30N2S/c1-5-16-8-6-7-14(10-16)13(3)15-9-12(2)11-17-4/h12-15H,5-11H2,1-4H3. The molecule has 0 amide bonds. The largest absolute Gasteiger partial charge is 0.314 e. The Morgan fingerprint density at radius 1 is 1.41 bits per heavy atom. The second-order valence-corrected chi connectivity index (χ2v) is 6.46. The molecule has 1 rings (SSSR count). The zero-order valence-electron chi connectivity index (χ0n) is 12.0. The van der Waals surface area contributed by atoms with E-state index in [0.717, 1.165) is 11.8 Å². The van der Waals surface area contributed by atoms with Crippen molar-refractivity contribution in [1.29, 1.82) is 0 Å². The van der Waals surface area contributed by atoms with Crippen LogP contribution >= 0.6 is 11.8 Å². The molecule has 0 aromatic carbocycles. The summed E-state index contributed by atoms with van der Waals surface area (Å²) in [5, 5.41) is 3.74. The van der Waals surface area contributed by atoms with Gasteiger partial charge in [-0.25, -0.2) is 0 Å². The molecule has 0 saturated carbocycles. The van der Waals surface area contributed by atoms with E-state index in [4.69, 9.17) is 0 Å². The van der Waals surface area contributed by atoms with E-state index < -0.39 is 0 Å². The highest BCUT2D eigenvalue weighted by molar-refractivity contribution is 7.98. The first-order chi connectivity index (χ1) is 8.17. The first kappa shape index (κ1) is 15.3. The van der Waals surface area contributed by atoms with E-state index in [2.05, 4.69) is 37.2 Å². The highest BCUT2D eigenvalue weighted by atomic mass is 32.2. The molecule has 1 heterocycles. The van der Waals surface area contributed by atoms with Crippen molar-refractivity contribution >= 4 is 11.8 Å². The predicted octanol–water partition coefficient (Wildman–Crippen LogP) is 2.70. The molecule has 3 unspecified atom stereocenters. The number of piperidine rings is 1. The summed E-state index contributed by atoms with van der Waals surface area (Å²) >= 11 is 1.95. The van der Waals surface area contributed by atoms with E-state index in [1.165, 1.54) is 44.8 Å². The predicted molar refractivity (Wildman–Crippen MR) is 79.8 cm³/mol. The monoisotopic (exact) mass is 258 g/mol. The summed E-state index contributed by atoms with van der Waals surface area (Å²) in [5.74, 6) is 2.91. The number of nitrogens with zero attached hydrogens (tertiary/aromatic N) is 1. The van der Waals surface area contributed by atoms with Gasteiger partial charge in [0.1, 0.15) is 0 Å². The second kappa shape index (κ2) is 8.39. The Hall–Kier alpha value is 0.270. The number of hydrogen-bond donors (Lipinski definition) is 1. The molecule has 17 heavy (non-hydrogen) atoms. The summed E-state index contributed by atoms with van der Waals surface area (Å²) in [6, 6.07) is 0.675. The van der Waals surface area contributed by atoms with Gasteiger partial charge in [-0.2, -0.15) is 11.8 Å². The van der Waals surface area contributed by atoms with Gasteiger partial charge in [0.25, 0.3) is 0 Å². The van der Waals surface area contributed by atoms with Crippen molar-refractivity contribution in [2.75, 3.05) is 38.2 Å². The number of hydrogen-bond acceptors (Lipinski definition) is 3. The molecule has 0 aromatic heterocycles. The van der Waals surface area contributed by atoms with Gasteiger partial charge in [-0.1, -0.05) is 13.8 Å². The maximum Gasteiger partial charge on any atom is 0.00793 e. The number of nitrogens with one attached hydrogen (secondary N) is 1. The van der Waals surface area contributed by atoms with Gasteiger partial charge in [-0.05, 0) is 63.2 Å². The van der Waals surface area contributed by atoms with Crippen LogP contribution in [0.3, 0.4) is 0 Å². The molecule has 2 nitrogen and oxygen atoms in total. The molecule has 0 aliphatic carbocycles. The van der Waals surface area contributed by atoms with Crippen LogP contribution in [0.25, 0.3) is 0 Å². The van der Waals surface area contributed by atoms with E-state index in [0.29, 0.717) is 6.04 Å². The van der Waals surface area contributed by atoms with E-state index in [1.807, 2.05) is 11.8 Å². The third-order valence-corrected chi connectivity index (χ3v) is 4.84. The summed E-state index contributed by atoms with van der Waals surface area (Å²) in [7, 11) is 0. The Balaban J connectivity index is 2.24. The van der Waals surface area contributed by atoms with Crippen molar-refractivity contribution in [2.45, 2.75) is 39.7 Å². The zero-order chi connectivity index (χ0) is 12.7. The SMILES string of the molecule is CCN1CCCC(C(C)NCC(C)CSC)C1. The van der Waals surface area contributed by atoms with Gasteiger partial charge >= 0.3 is 0 Å². The highest BCUT2D eigenvalue weighted by Crippen LogP contribution is 2.19. The van der Waals surface area contributed by atoms with Crippen LogP contribution < -0.4 is 5.32 Å². The first-order valence-corrected chi connectivity index (χ1v) is 8.51. The lowest BCUT2D eigenvalue weighted by Gasteiger charge is -2.35. The Bertz CT molecular complexity index is 199. The molecule has 1 saturated heterocycles. The van der Waals surface area contributed by atoms with Crippen LogP contribution in [-0.4, -0.2) is 49.1 Å². The quantitative estimate of drug-likeness (QED) is 0.756. The van der Waals surface area contributed by atoms with E-state index in [9.17, 15) is 0 Å².